The van der Waals surface area contributed by atoms with Crippen LogP contribution in [0.25, 0.3) is 17.4 Å². The van der Waals surface area contributed by atoms with Crippen molar-refractivity contribution in [2.24, 2.45) is 0 Å². The second-order valence-corrected chi connectivity index (χ2v) is 4.09. The highest BCUT2D eigenvalue weighted by Gasteiger charge is 2.06. The maximum absolute atomic E-state index is 13.0. The first kappa shape index (κ1) is 13.4. The molecule has 0 aliphatic rings. The fourth-order valence-electron chi connectivity index (χ4n) is 1.47. The van der Waals surface area contributed by atoms with Crippen molar-refractivity contribution in [2.45, 2.75) is 0 Å². The van der Waals surface area contributed by atoms with Crippen molar-refractivity contribution in [1.29, 1.82) is 0 Å². The second kappa shape index (κ2) is 5.71. The predicted octanol–water partition coefficient (Wildman–Crippen LogP) is 3.93. The van der Waals surface area contributed by atoms with Gasteiger partial charge in [-0.25, -0.2) is 9.18 Å². The summed E-state index contributed by atoms with van der Waals surface area (Å²) in [7, 11) is 1.29. The summed E-state index contributed by atoms with van der Waals surface area (Å²) in [5, 5.41) is 0.0283. The van der Waals surface area contributed by atoms with E-state index in [1.807, 2.05) is 0 Å². The van der Waals surface area contributed by atoms with Gasteiger partial charge in [0.15, 0.2) is 0 Å². The van der Waals surface area contributed by atoms with E-state index < -0.39 is 11.8 Å². The number of carbonyl (C=O) groups excluding carboxylic acids is 1. The van der Waals surface area contributed by atoms with Crippen LogP contribution in [0.15, 0.2) is 40.8 Å². The molecule has 0 bridgehead atoms. The number of ether oxygens (including phenoxy) is 1. The normalized spacial score (nSPS) is 10.9. The summed E-state index contributed by atoms with van der Waals surface area (Å²) in [5.74, 6) is 0.0674. The van der Waals surface area contributed by atoms with E-state index in [9.17, 15) is 9.18 Å². The lowest BCUT2D eigenvalue weighted by molar-refractivity contribution is -0.134. The highest BCUT2D eigenvalue weighted by atomic mass is 35.5. The van der Waals surface area contributed by atoms with E-state index in [-0.39, 0.29) is 5.02 Å². The van der Waals surface area contributed by atoms with Gasteiger partial charge in [-0.2, -0.15) is 0 Å². The van der Waals surface area contributed by atoms with Gasteiger partial charge in [0.2, 0.25) is 0 Å². The Kier molecular flexibility index (Phi) is 4.02. The standard InChI is InChI=1S/C14H10ClFO3/c1-18-14(17)7-4-10-3-6-13(19-10)9-2-5-12(16)11(15)8-9/h2-8H,1H3/b7-4+. The summed E-state index contributed by atoms with van der Waals surface area (Å²) in [6, 6.07) is 7.70. The van der Waals surface area contributed by atoms with Gasteiger partial charge < -0.3 is 9.15 Å². The number of hydrogen-bond donors (Lipinski definition) is 0. The second-order valence-electron chi connectivity index (χ2n) is 3.69. The van der Waals surface area contributed by atoms with Crippen LogP contribution in [0.3, 0.4) is 0 Å². The summed E-state index contributed by atoms with van der Waals surface area (Å²) >= 11 is 5.70. The zero-order valence-electron chi connectivity index (χ0n) is 10.0. The van der Waals surface area contributed by atoms with E-state index in [4.69, 9.17) is 16.0 Å². The zero-order chi connectivity index (χ0) is 13.8. The van der Waals surface area contributed by atoms with Crippen LogP contribution in [0.2, 0.25) is 5.02 Å². The Morgan fingerprint density at radius 1 is 1.37 bits per heavy atom. The molecule has 1 heterocycles. The molecule has 5 heteroatoms. The largest absolute Gasteiger partial charge is 0.466 e. The quantitative estimate of drug-likeness (QED) is 0.632. The maximum atomic E-state index is 13.0. The minimum absolute atomic E-state index is 0.0283. The van der Waals surface area contributed by atoms with Crippen LogP contribution >= 0.6 is 11.6 Å². The van der Waals surface area contributed by atoms with Crippen molar-refractivity contribution < 1.29 is 18.3 Å². The summed E-state index contributed by atoms with van der Waals surface area (Å²) in [5.41, 5.74) is 0.657. The Bertz CT molecular complexity index is 631. The molecule has 3 nitrogen and oxygen atoms in total. The lowest BCUT2D eigenvalue weighted by Gasteiger charge is -1.98. The molecule has 0 unspecified atom stereocenters. The third-order valence-corrected chi connectivity index (χ3v) is 2.71. The maximum Gasteiger partial charge on any atom is 0.330 e. The van der Waals surface area contributed by atoms with Crippen molar-refractivity contribution in [3.05, 3.63) is 53.0 Å². The number of methoxy groups -OCH3 is 1. The van der Waals surface area contributed by atoms with Gasteiger partial charge in [0.05, 0.1) is 12.1 Å². The molecular weight excluding hydrogens is 271 g/mol. The Hall–Kier alpha value is -2.07. The third kappa shape index (κ3) is 3.23. The lowest BCUT2D eigenvalue weighted by Crippen LogP contribution is -1.92. The van der Waals surface area contributed by atoms with Crippen LogP contribution in [0.5, 0.6) is 0 Å². The minimum atomic E-state index is -0.484. The summed E-state index contributed by atoms with van der Waals surface area (Å²) in [6.07, 6.45) is 2.74. The number of halogens is 2. The zero-order valence-corrected chi connectivity index (χ0v) is 10.8. The van der Waals surface area contributed by atoms with Gasteiger partial charge in [0, 0.05) is 11.6 Å². The van der Waals surface area contributed by atoms with Crippen LogP contribution in [-0.2, 0) is 9.53 Å². The molecule has 0 spiro atoms. The Balaban J connectivity index is 2.23. The molecule has 1 aromatic heterocycles. The Morgan fingerprint density at radius 2 is 2.16 bits per heavy atom. The van der Waals surface area contributed by atoms with Gasteiger partial charge in [0.1, 0.15) is 17.3 Å². The van der Waals surface area contributed by atoms with Crippen molar-refractivity contribution in [3.8, 4) is 11.3 Å². The molecule has 0 saturated heterocycles. The van der Waals surface area contributed by atoms with Crippen molar-refractivity contribution in [3.63, 3.8) is 0 Å². The van der Waals surface area contributed by atoms with Crippen molar-refractivity contribution in [2.75, 3.05) is 7.11 Å². The van der Waals surface area contributed by atoms with Crippen LogP contribution < -0.4 is 0 Å². The van der Waals surface area contributed by atoms with E-state index in [0.717, 1.165) is 0 Å². The summed E-state index contributed by atoms with van der Waals surface area (Å²) < 4.78 is 23.0. The first-order chi connectivity index (χ1) is 9.10. The summed E-state index contributed by atoms with van der Waals surface area (Å²) in [4.78, 5) is 10.9. The number of benzene rings is 1. The fourth-order valence-corrected chi connectivity index (χ4v) is 1.65. The fraction of sp³-hybridized carbons (Fsp3) is 0.0714. The third-order valence-electron chi connectivity index (χ3n) is 2.42. The minimum Gasteiger partial charge on any atom is -0.466 e. The SMILES string of the molecule is COC(=O)/C=C/c1ccc(-c2ccc(F)c(Cl)c2)o1. The monoisotopic (exact) mass is 280 g/mol. The van der Waals surface area contributed by atoms with Gasteiger partial charge in [0.25, 0.3) is 0 Å². The average Bonchev–Trinajstić information content (AvgIpc) is 2.88. The lowest BCUT2D eigenvalue weighted by atomic mass is 10.2. The molecular formula is C14H10ClFO3. The van der Waals surface area contributed by atoms with E-state index >= 15 is 0 Å². The van der Waals surface area contributed by atoms with Gasteiger partial charge in [-0.3, -0.25) is 0 Å². The number of hydrogen-bond acceptors (Lipinski definition) is 3. The molecule has 0 fully saturated rings. The van der Waals surface area contributed by atoms with Crippen LogP contribution in [0.4, 0.5) is 4.39 Å². The number of carbonyl (C=O) groups is 1. The molecule has 0 atom stereocenters. The smallest absolute Gasteiger partial charge is 0.330 e. The molecule has 0 radical (unpaired) electrons. The van der Waals surface area contributed by atoms with E-state index in [1.165, 1.54) is 31.4 Å². The molecule has 98 valence electrons. The number of furan rings is 1. The number of esters is 1. The number of rotatable bonds is 3. The first-order valence-electron chi connectivity index (χ1n) is 5.41. The highest BCUT2D eigenvalue weighted by molar-refractivity contribution is 6.31. The van der Waals surface area contributed by atoms with Crippen LogP contribution in [0.1, 0.15) is 5.76 Å². The van der Waals surface area contributed by atoms with Gasteiger partial charge in [-0.1, -0.05) is 11.6 Å². The molecule has 2 aromatic rings. The van der Waals surface area contributed by atoms with Crippen LogP contribution in [-0.4, -0.2) is 13.1 Å². The van der Waals surface area contributed by atoms with E-state index in [0.29, 0.717) is 17.1 Å². The highest BCUT2D eigenvalue weighted by Crippen LogP contribution is 2.26. The molecule has 19 heavy (non-hydrogen) atoms. The van der Waals surface area contributed by atoms with Gasteiger partial charge in [-0.05, 0) is 36.4 Å². The van der Waals surface area contributed by atoms with Crippen LogP contribution in [0, 0.1) is 5.82 Å². The molecule has 0 amide bonds. The average molecular weight is 281 g/mol. The van der Waals surface area contributed by atoms with E-state index in [1.54, 1.807) is 18.2 Å². The van der Waals surface area contributed by atoms with Crippen molar-refractivity contribution in [1.82, 2.24) is 0 Å². The molecule has 0 saturated carbocycles. The predicted molar refractivity (Wildman–Crippen MR) is 70.2 cm³/mol. The van der Waals surface area contributed by atoms with E-state index in [2.05, 4.69) is 4.74 Å². The molecule has 0 aliphatic carbocycles. The van der Waals surface area contributed by atoms with Gasteiger partial charge >= 0.3 is 5.97 Å². The van der Waals surface area contributed by atoms with Crippen molar-refractivity contribution >= 4 is 23.6 Å². The van der Waals surface area contributed by atoms with Gasteiger partial charge in [-0.15, -0.1) is 0 Å². The Labute approximate surface area is 114 Å². The first-order valence-corrected chi connectivity index (χ1v) is 5.79. The molecule has 1 aromatic carbocycles. The Morgan fingerprint density at radius 3 is 2.84 bits per heavy atom. The molecule has 2 rings (SSSR count). The topological polar surface area (TPSA) is 39.4 Å². The summed E-state index contributed by atoms with van der Waals surface area (Å²) in [6.45, 7) is 0. The molecule has 0 aliphatic heterocycles. The molecule has 0 N–H and O–H groups in total.